The Balaban J connectivity index is 1.34. The second-order valence-electron chi connectivity index (χ2n) is 7.33. The van der Waals surface area contributed by atoms with Crippen LogP contribution in [0.4, 0.5) is 0 Å². The van der Waals surface area contributed by atoms with E-state index in [2.05, 4.69) is 34.5 Å². The molecule has 3 nitrogen and oxygen atoms in total. The Morgan fingerprint density at radius 1 is 1.23 bits per heavy atom. The van der Waals surface area contributed by atoms with Gasteiger partial charge in [-0.2, -0.15) is 0 Å². The molecule has 1 N–H and O–H groups in total. The normalized spacial score (nSPS) is 25.9. The maximum atomic E-state index is 12.4. The van der Waals surface area contributed by atoms with Crippen LogP contribution in [0.15, 0.2) is 24.3 Å². The van der Waals surface area contributed by atoms with Gasteiger partial charge in [-0.1, -0.05) is 24.3 Å². The number of nitrogens with one attached hydrogen (secondary N) is 1. The van der Waals surface area contributed by atoms with Gasteiger partial charge in [0, 0.05) is 18.5 Å². The van der Waals surface area contributed by atoms with E-state index in [0.29, 0.717) is 17.9 Å². The molecule has 0 spiro atoms. The van der Waals surface area contributed by atoms with Crippen LogP contribution in [0.25, 0.3) is 0 Å². The number of rotatable bonds is 4. The molecule has 1 aliphatic carbocycles. The van der Waals surface area contributed by atoms with Gasteiger partial charge in [-0.05, 0) is 68.7 Å². The molecule has 1 atom stereocenters. The third-order valence-electron chi connectivity index (χ3n) is 6.11. The van der Waals surface area contributed by atoms with Crippen LogP contribution in [0.2, 0.25) is 0 Å². The van der Waals surface area contributed by atoms with Crippen LogP contribution < -0.4 is 5.32 Å². The lowest BCUT2D eigenvalue weighted by Gasteiger charge is -2.32. The number of nitrogens with zero attached hydrogens (tertiary/aromatic N) is 1. The van der Waals surface area contributed by atoms with Crippen LogP contribution in [0.1, 0.15) is 55.6 Å². The van der Waals surface area contributed by atoms with Crippen molar-refractivity contribution in [1.29, 1.82) is 0 Å². The molecule has 1 aromatic rings. The van der Waals surface area contributed by atoms with E-state index in [1.54, 1.807) is 0 Å². The Morgan fingerprint density at radius 3 is 2.82 bits per heavy atom. The summed E-state index contributed by atoms with van der Waals surface area (Å²) < 4.78 is 0. The van der Waals surface area contributed by atoms with Crippen LogP contribution >= 0.6 is 0 Å². The minimum atomic E-state index is 0.245. The van der Waals surface area contributed by atoms with Crippen molar-refractivity contribution in [3.63, 3.8) is 0 Å². The van der Waals surface area contributed by atoms with Crippen molar-refractivity contribution >= 4 is 5.91 Å². The van der Waals surface area contributed by atoms with Gasteiger partial charge in [-0.3, -0.25) is 9.69 Å². The fraction of sp³-hybridized carbons (Fsp3) is 0.632. The lowest BCUT2D eigenvalue weighted by Crippen LogP contribution is -2.48. The second kappa shape index (κ2) is 5.69. The van der Waals surface area contributed by atoms with E-state index in [4.69, 9.17) is 0 Å². The van der Waals surface area contributed by atoms with E-state index in [0.717, 1.165) is 19.4 Å². The summed E-state index contributed by atoms with van der Waals surface area (Å²) in [4.78, 5) is 15.0. The van der Waals surface area contributed by atoms with Gasteiger partial charge in [-0.15, -0.1) is 0 Å². The summed E-state index contributed by atoms with van der Waals surface area (Å²) in [5.41, 5.74) is 3.14. The standard InChI is InChI=1S/C19H26N2O/c22-18(13-16-8-7-15-5-1-2-6-17(15)16)20-14-19-9-3-11-21(19)12-4-10-19/h1-2,5-6,16H,3-4,7-14H2,(H,20,22)/t16-/m0/s1. The SMILES string of the molecule is O=C(C[C@@H]1CCc2ccccc21)NCC12CCCN1CCC2. The molecule has 1 aromatic carbocycles. The van der Waals surface area contributed by atoms with E-state index in [9.17, 15) is 4.79 Å². The first-order valence-electron chi connectivity index (χ1n) is 8.86. The van der Waals surface area contributed by atoms with Gasteiger partial charge in [0.2, 0.25) is 5.91 Å². The molecule has 2 fully saturated rings. The van der Waals surface area contributed by atoms with E-state index < -0.39 is 0 Å². The summed E-state index contributed by atoms with van der Waals surface area (Å²) in [7, 11) is 0. The highest BCUT2D eigenvalue weighted by molar-refractivity contribution is 5.77. The van der Waals surface area contributed by atoms with Crippen molar-refractivity contribution in [1.82, 2.24) is 10.2 Å². The van der Waals surface area contributed by atoms with Crippen LogP contribution in [0.3, 0.4) is 0 Å². The molecule has 4 rings (SSSR count). The van der Waals surface area contributed by atoms with Crippen LogP contribution in [-0.4, -0.2) is 36.0 Å². The lowest BCUT2D eigenvalue weighted by atomic mass is 9.93. The molecule has 0 bridgehead atoms. The van der Waals surface area contributed by atoms with Crippen LogP contribution in [0.5, 0.6) is 0 Å². The summed E-state index contributed by atoms with van der Waals surface area (Å²) in [6, 6.07) is 8.62. The topological polar surface area (TPSA) is 32.3 Å². The predicted molar refractivity (Wildman–Crippen MR) is 87.9 cm³/mol. The molecule has 2 heterocycles. The summed E-state index contributed by atoms with van der Waals surface area (Å²) in [6.07, 6.45) is 8.04. The number of aryl methyl sites for hydroxylation is 1. The largest absolute Gasteiger partial charge is 0.354 e. The minimum Gasteiger partial charge on any atom is -0.354 e. The highest BCUT2D eigenvalue weighted by Crippen LogP contribution is 2.38. The molecule has 118 valence electrons. The highest BCUT2D eigenvalue weighted by Gasteiger charge is 2.44. The van der Waals surface area contributed by atoms with Crippen LogP contribution in [-0.2, 0) is 11.2 Å². The fourth-order valence-electron chi connectivity index (χ4n) is 4.93. The monoisotopic (exact) mass is 298 g/mol. The summed E-state index contributed by atoms with van der Waals surface area (Å²) in [5, 5.41) is 3.26. The zero-order valence-corrected chi connectivity index (χ0v) is 13.3. The van der Waals surface area contributed by atoms with E-state index in [-0.39, 0.29) is 5.91 Å². The van der Waals surface area contributed by atoms with Crippen molar-refractivity contribution in [3.05, 3.63) is 35.4 Å². The quantitative estimate of drug-likeness (QED) is 0.927. The van der Waals surface area contributed by atoms with Crippen molar-refractivity contribution in [3.8, 4) is 0 Å². The molecule has 2 saturated heterocycles. The van der Waals surface area contributed by atoms with Gasteiger partial charge in [-0.25, -0.2) is 0 Å². The number of benzene rings is 1. The molecule has 2 aliphatic heterocycles. The molecule has 3 heteroatoms. The molecule has 0 saturated carbocycles. The first-order chi connectivity index (χ1) is 10.8. The van der Waals surface area contributed by atoms with Gasteiger partial charge in [0.15, 0.2) is 0 Å². The van der Waals surface area contributed by atoms with E-state index in [1.165, 1.54) is 49.9 Å². The van der Waals surface area contributed by atoms with Crippen molar-refractivity contribution in [2.75, 3.05) is 19.6 Å². The number of hydrogen-bond acceptors (Lipinski definition) is 2. The smallest absolute Gasteiger partial charge is 0.220 e. The van der Waals surface area contributed by atoms with Gasteiger partial charge < -0.3 is 5.32 Å². The first-order valence-corrected chi connectivity index (χ1v) is 8.86. The zero-order valence-electron chi connectivity index (χ0n) is 13.3. The molecule has 0 aromatic heterocycles. The Labute approximate surface area is 133 Å². The molecule has 22 heavy (non-hydrogen) atoms. The molecule has 0 unspecified atom stereocenters. The molecule has 3 aliphatic rings. The highest BCUT2D eigenvalue weighted by atomic mass is 16.1. The number of hydrogen-bond donors (Lipinski definition) is 1. The first kappa shape index (κ1) is 14.3. The second-order valence-corrected chi connectivity index (χ2v) is 7.33. The van der Waals surface area contributed by atoms with Crippen molar-refractivity contribution in [2.45, 2.75) is 56.4 Å². The Hall–Kier alpha value is -1.35. The number of amides is 1. The van der Waals surface area contributed by atoms with Crippen LogP contribution in [0, 0.1) is 0 Å². The Bertz CT molecular complexity index is 558. The fourth-order valence-corrected chi connectivity index (χ4v) is 4.93. The van der Waals surface area contributed by atoms with Crippen molar-refractivity contribution in [2.24, 2.45) is 0 Å². The van der Waals surface area contributed by atoms with Gasteiger partial charge in [0.1, 0.15) is 0 Å². The molecular weight excluding hydrogens is 272 g/mol. The van der Waals surface area contributed by atoms with Crippen molar-refractivity contribution < 1.29 is 4.79 Å². The third-order valence-corrected chi connectivity index (χ3v) is 6.11. The van der Waals surface area contributed by atoms with E-state index in [1.807, 2.05) is 0 Å². The maximum absolute atomic E-state index is 12.4. The average Bonchev–Trinajstić information content (AvgIpc) is 3.19. The Kier molecular flexibility index (Phi) is 3.69. The third kappa shape index (κ3) is 2.45. The summed E-state index contributed by atoms with van der Waals surface area (Å²) >= 11 is 0. The Morgan fingerprint density at radius 2 is 2.00 bits per heavy atom. The van der Waals surface area contributed by atoms with Gasteiger partial charge in [0.05, 0.1) is 0 Å². The average molecular weight is 298 g/mol. The predicted octanol–water partition coefficient (Wildman–Crippen LogP) is 2.85. The number of fused-ring (bicyclic) bond motifs is 2. The molecule has 1 amide bonds. The minimum absolute atomic E-state index is 0.245. The summed E-state index contributed by atoms with van der Waals surface area (Å²) in [5.74, 6) is 0.673. The van der Waals surface area contributed by atoms with Gasteiger partial charge >= 0.3 is 0 Å². The zero-order chi connectivity index (χ0) is 15.0. The molecular formula is C19H26N2O. The number of carbonyl (C=O) groups excluding carboxylic acids is 1. The van der Waals surface area contributed by atoms with E-state index >= 15 is 0 Å². The maximum Gasteiger partial charge on any atom is 0.220 e. The molecule has 0 radical (unpaired) electrons. The summed E-state index contributed by atoms with van der Waals surface area (Å²) in [6.45, 7) is 3.32. The number of carbonyl (C=O) groups is 1. The lowest BCUT2D eigenvalue weighted by molar-refractivity contribution is -0.122. The van der Waals surface area contributed by atoms with Gasteiger partial charge in [0.25, 0.3) is 0 Å².